The van der Waals surface area contributed by atoms with E-state index in [1.165, 1.54) is 12.4 Å². The second-order valence-electron chi connectivity index (χ2n) is 4.29. The predicted octanol–water partition coefficient (Wildman–Crippen LogP) is -0.0729. The van der Waals surface area contributed by atoms with Gasteiger partial charge in [-0.2, -0.15) is 0 Å². The van der Waals surface area contributed by atoms with Crippen molar-refractivity contribution >= 4 is 5.91 Å². The minimum absolute atomic E-state index is 0.175. The summed E-state index contributed by atoms with van der Waals surface area (Å²) in [5.41, 5.74) is 0.355. The quantitative estimate of drug-likeness (QED) is 0.792. The number of nitrogens with zero attached hydrogens (tertiary/aromatic N) is 3. The van der Waals surface area contributed by atoms with E-state index in [9.17, 15) is 4.79 Å². The van der Waals surface area contributed by atoms with Crippen molar-refractivity contribution in [3.05, 3.63) is 24.3 Å². The monoisotopic (exact) mass is 250 g/mol. The number of methoxy groups -OCH3 is 1. The van der Waals surface area contributed by atoms with Gasteiger partial charge in [0.2, 0.25) is 0 Å². The maximum atomic E-state index is 11.7. The van der Waals surface area contributed by atoms with Gasteiger partial charge in [0.15, 0.2) is 0 Å². The van der Waals surface area contributed by atoms with Gasteiger partial charge in [-0.05, 0) is 6.42 Å². The highest BCUT2D eigenvalue weighted by atomic mass is 16.5. The zero-order valence-electron chi connectivity index (χ0n) is 10.5. The topological polar surface area (TPSA) is 67.3 Å². The molecule has 2 rings (SSSR count). The summed E-state index contributed by atoms with van der Waals surface area (Å²) in [6, 6.07) is 0. The standard InChI is InChI=1S/C12H18N4O2/c1-18-10-2-6-16(9-10)7-5-15-12(17)11-8-13-3-4-14-11/h3-4,8,10H,2,5-7,9H2,1H3,(H,15,17). The Labute approximate surface area is 106 Å². The number of likely N-dealkylation sites (tertiary alicyclic amines) is 1. The molecule has 6 nitrogen and oxygen atoms in total. The van der Waals surface area contributed by atoms with Crippen molar-refractivity contribution < 1.29 is 9.53 Å². The first-order chi connectivity index (χ1) is 8.79. The van der Waals surface area contributed by atoms with Crippen LogP contribution < -0.4 is 5.32 Å². The van der Waals surface area contributed by atoms with Crippen LogP contribution in [-0.4, -0.2) is 60.2 Å². The molecule has 0 spiro atoms. The van der Waals surface area contributed by atoms with Crippen molar-refractivity contribution in [1.29, 1.82) is 0 Å². The lowest BCUT2D eigenvalue weighted by Crippen LogP contribution is -2.34. The fourth-order valence-electron chi connectivity index (χ4n) is 2.03. The molecule has 1 aromatic rings. The molecule has 0 saturated carbocycles. The van der Waals surface area contributed by atoms with E-state index in [1.807, 2.05) is 0 Å². The summed E-state index contributed by atoms with van der Waals surface area (Å²) in [6.45, 7) is 3.43. The van der Waals surface area contributed by atoms with Crippen LogP contribution in [0.2, 0.25) is 0 Å². The van der Waals surface area contributed by atoms with E-state index in [4.69, 9.17) is 4.74 Å². The summed E-state index contributed by atoms with van der Waals surface area (Å²) in [5, 5.41) is 2.83. The molecule has 0 aliphatic carbocycles. The second kappa shape index (κ2) is 6.42. The van der Waals surface area contributed by atoms with E-state index in [0.717, 1.165) is 26.1 Å². The van der Waals surface area contributed by atoms with Gasteiger partial charge in [-0.25, -0.2) is 4.98 Å². The van der Waals surface area contributed by atoms with Gasteiger partial charge >= 0.3 is 0 Å². The van der Waals surface area contributed by atoms with Crippen LogP contribution in [0.4, 0.5) is 0 Å². The molecule has 98 valence electrons. The smallest absolute Gasteiger partial charge is 0.271 e. The maximum Gasteiger partial charge on any atom is 0.271 e. The minimum Gasteiger partial charge on any atom is -0.380 e. The van der Waals surface area contributed by atoms with Crippen LogP contribution in [-0.2, 0) is 4.74 Å². The highest BCUT2D eigenvalue weighted by Crippen LogP contribution is 2.10. The Morgan fingerprint density at radius 2 is 2.50 bits per heavy atom. The molecular weight excluding hydrogens is 232 g/mol. The van der Waals surface area contributed by atoms with Crippen LogP contribution in [0.25, 0.3) is 0 Å². The molecule has 0 aromatic carbocycles. The number of nitrogens with one attached hydrogen (secondary N) is 1. The first-order valence-corrected chi connectivity index (χ1v) is 6.09. The number of aromatic nitrogens is 2. The van der Waals surface area contributed by atoms with E-state index in [-0.39, 0.29) is 5.91 Å². The van der Waals surface area contributed by atoms with Gasteiger partial charge in [0.05, 0.1) is 12.3 Å². The van der Waals surface area contributed by atoms with Gasteiger partial charge in [-0.1, -0.05) is 0 Å². The number of amides is 1. The van der Waals surface area contributed by atoms with E-state index >= 15 is 0 Å². The van der Waals surface area contributed by atoms with Crippen molar-refractivity contribution in [3.63, 3.8) is 0 Å². The maximum absolute atomic E-state index is 11.7. The van der Waals surface area contributed by atoms with Gasteiger partial charge < -0.3 is 10.1 Å². The van der Waals surface area contributed by atoms with E-state index in [2.05, 4.69) is 20.2 Å². The highest BCUT2D eigenvalue weighted by Gasteiger charge is 2.21. The first-order valence-electron chi connectivity index (χ1n) is 6.09. The molecule has 0 bridgehead atoms. The van der Waals surface area contributed by atoms with Crippen LogP contribution in [0.3, 0.4) is 0 Å². The number of rotatable bonds is 5. The highest BCUT2D eigenvalue weighted by molar-refractivity contribution is 5.91. The average Bonchev–Trinajstić information content (AvgIpc) is 2.87. The Balaban J connectivity index is 1.68. The fourth-order valence-corrected chi connectivity index (χ4v) is 2.03. The molecule has 1 unspecified atom stereocenters. The molecule has 18 heavy (non-hydrogen) atoms. The van der Waals surface area contributed by atoms with Gasteiger partial charge in [0.25, 0.3) is 5.91 Å². The zero-order chi connectivity index (χ0) is 12.8. The van der Waals surface area contributed by atoms with E-state index in [1.54, 1.807) is 13.3 Å². The number of carbonyl (C=O) groups is 1. The predicted molar refractivity (Wildman–Crippen MR) is 66.2 cm³/mol. The average molecular weight is 250 g/mol. The molecule has 2 heterocycles. The van der Waals surface area contributed by atoms with Crippen molar-refractivity contribution in [3.8, 4) is 0 Å². The lowest BCUT2D eigenvalue weighted by molar-refractivity contribution is 0.0938. The van der Waals surface area contributed by atoms with Crippen LogP contribution in [0.15, 0.2) is 18.6 Å². The minimum atomic E-state index is -0.175. The summed E-state index contributed by atoms with van der Waals surface area (Å²) in [6.07, 6.45) is 5.92. The molecule has 1 atom stereocenters. The third-order valence-electron chi connectivity index (χ3n) is 3.07. The molecule has 1 fully saturated rings. The van der Waals surface area contributed by atoms with Crippen LogP contribution in [0.5, 0.6) is 0 Å². The summed E-state index contributed by atoms with van der Waals surface area (Å²) < 4.78 is 5.29. The number of hydrogen-bond donors (Lipinski definition) is 1. The Bertz CT molecular complexity index is 385. The van der Waals surface area contributed by atoms with E-state index < -0.39 is 0 Å². The van der Waals surface area contributed by atoms with Gasteiger partial charge in [0, 0.05) is 45.7 Å². The first kappa shape index (κ1) is 12.9. The second-order valence-corrected chi connectivity index (χ2v) is 4.29. The van der Waals surface area contributed by atoms with Gasteiger partial charge in [0.1, 0.15) is 5.69 Å². The molecule has 0 radical (unpaired) electrons. The molecule has 1 aromatic heterocycles. The third-order valence-corrected chi connectivity index (χ3v) is 3.07. The molecular formula is C12H18N4O2. The molecule has 1 N–H and O–H groups in total. The zero-order valence-corrected chi connectivity index (χ0v) is 10.5. The van der Waals surface area contributed by atoms with Crippen molar-refractivity contribution in [2.24, 2.45) is 0 Å². The van der Waals surface area contributed by atoms with Crippen LogP contribution in [0.1, 0.15) is 16.9 Å². The SMILES string of the molecule is COC1CCN(CCNC(=O)c2cnccn2)C1. The van der Waals surface area contributed by atoms with Crippen molar-refractivity contribution in [1.82, 2.24) is 20.2 Å². The van der Waals surface area contributed by atoms with Gasteiger partial charge in [-0.15, -0.1) is 0 Å². The summed E-state index contributed by atoms with van der Waals surface area (Å²) >= 11 is 0. The van der Waals surface area contributed by atoms with Crippen molar-refractivity contribution in [2.45, 2.75) is 12.5 Å². The summed E-state index contributed by atoms with van der Waals surface area (Å²) in [4.78, 5) is 21.8. The van der Waals surface area contributed by atoms with Crippen LogP contribution >= 0.6 is 0 Å². The number of carbonyl (C=O) groups excluding carboxylic acids is 1. The Hall–Kier alpha value is -1.53. The fraction of sp³-hybridized carbons (Fsp3) is 0.583. The molecule has 6 heteroatoms. The van der Waals surface area contributed by atoms with Crippen LogP contribution in [0, 0.1) is 0 Å². The summed E-state index contributed by atoms with van der Waals surface area (Å²) in [7, 11) is 1.74. The number of ether oxygens (including phenoxy) is 1. The van der Waals surface area contributed by atoms with E-state index in [0.29, 0.717) is 18.3 Å². The van der Waals surface area contributed by atoms with Crippen molar-refractivity contribution in [2.75, 3.05) is 33.3 Å². The molecule has 1 saturated heterocycles. The largest absolute Gasteiger partial charge is 0.380 e. The number of hydrogen-bond acceptors (Lipinski definition) is 5. The Morgan fingerprint density at radius 1 is 1.61 bits per heavy atom. The third kappa shape index (κ3) is 3.48. The molecule has 1 amide bonds. The Morgan fingerprint density at radius 3 is 3.17 bits per heavy atom. The summed E-state index contributed by atoms with van der Waals surface area (Å²) in [5.74, 6) is -0.175. The molecule has 1 aliphatic rings. The lowest BCUT2D eigenvalue weighted by Gasteiger charge is -2.15. The molecule has 1 aliphatic heterocycles. The Kier molecular flexibility index (Phi) is 4.60. The normalized spacial score (nSPS) is 19.9. The lowest BCUT2D eigenvalue weighted by atomic mass is 10.3. The van der Waals surface area contributed by atoms with Gasteiger partial charge in [-0.3, -0.25) is 14.7 Å².